The summed E-state index contributed by atoms with van der Waals surface area (Å²) in [5.74, 6) is -0.288. The van der Waals surface area contributed by atoms with E-state index in [2.05, 4.69) is 48.9 Å². The lowest BCUT2D eigenvalue weighted by molar-refractivity contribution is -0.121. The van der Waals surface area contributed by atoms with Crippen LogP contribution in [0.2, 0.25) is 0 Å². The smallest absolute Gasteiger partial charge is 0.282 e. The standard InChI is InChI=1S/C9H9Br2N3O2/c1-2-3-12-7(15)5-14-9(16)8(11)6(10)4-13-14/h2,4H,1,3,5H2,(H,12,15). The van der Waals surface area contributed by atoms with Gasteiger partial charge in [0.1, 0.15) is 11.0 Å². The lowest BCUT2D eigenvalue weighted by atomic mass is 10.5. The molecule has 0 saturated heterocycles. The average Bonchev–Trinajstić information content (AvgIpc) is 2.27. The van der Waals surface area contributed by atoms with Crippen molar-refractivity contribution in [2.75, 3.05) is 6.54 Å². The molecule has 1 amide bonds. The molecule has 1 aromatic heterocycles. The quantitative estimate of drug-likeness (QED) is 0.826. The van der Waals surface area contributed by atoms with E-state index in [-0.39, 0.29) is 18.0 Å². The Kier molecular flexibility index (Phi) is 4.88. The highest BCUT2D eigenvalue weighted by Crippen LogP contribution is 2.16. The zero-order chi connectivity index (χ0) is 12.1. The van der Waals surface area contributed by atoms with Crippen LogP contribution in [0.4, 0.5) is 0 Å². The van der Waals surface area contributed by atoms with E-state index >= 15 is 0 Å². The van der Waals surface area contributed by atoms with Crippen LogP contribution in [-0.4, -0.2) is 22.2 Å². The molecule has 0 aliphatic carbocycles. The Balaban J connectivity index is 2.82. The summed E-state index contributed by atoms with van der Waals surface area (Å²) in [7, 11) is 0. The van der Waals surface area contributed by atoms with Gasteiger partial charge in [-0.3, -0.25) is 9.59 Å². The predicted octanol–water partition coefficient (Wildman–Crippen LogP) is 1.07. The SMILES string of the molecule is C=CCNC(=O)Cn1ncc(Br)c(Br)c1=O. The number of hydrogen-bond donors (Lipinski definition) is 1. The van der Waals surface area contributed by atoms with Crippen LogP contribution in [0, 0.1) is 0 Å². The third-order valence-corrected chi connectivity index (χ3v) is 3.58. The number of carbonyl (C=O) groups excluding carboxylic acids is 1. The second-order valence-corrected chi connectivity index (χ2v) is 4.51. The zero-order valence-corrected chi connectivity index (χ0v) is 11.4. The molecule has 1 heterocycles. The molecular weight excluding hydrogens is 342 g/mol. The Morgan fingerprint density at radius 2 is 2.31 bits per heavy atom. The highest BCUT2D eigenvalue weighted by molar-refractivity contribution is 9.13. The third kappa shape index (κ3) is 3.28. The van der Waals surface area contributed by atoms with Crippen molar-refractivity contribution in [1.29, 1.82) is 0 Å². The molecule has 0 bridgehead atoms. The summed E-state index contributed by atoms with van der Waals surface area (Å²) in [6.45, 7) is 3.72. The molecule has 5 nitrogen and oxygen atoms in total. The second kappa shape index (κ2) is 5.95. The number of rotatable bonds is 4. The molecule has 0 spiro atoms. The highest BCUT2D eigenvalue weighted by atomic mass is 79.9. The van der Waals surface area contributed by atoms with E-state index in [1.54, 1.807) is 6.08 Å². The summed E-state index contributed by atoms with van der Waals surface area (Å²) in [4.78, 5) is 23.0. The molecule has 0 atom stereocenters. The van der Waals surface area contributed by atoms with Crippen LogP contribution in [0.25, 0.3) is 0 Å². The molecule has 0 saturated carbocycles. The molecule has 0 unspecified atom stereocenters. The van der Waals surface area contributed by atoms with Gasteiger partial charge in [-0.15, -0.1) is 6.58 Å². The Labute approximate surface area is 109 Å². The molecule has 16 heavy (non-hydrogen) atoms. The van der Waals surface area contributed by atoms with Gasteiger partial charge >= 0.3 is 0 Å². The van der Waals surface area contributed by atoms with E-state index in [0.29, 0.717) is 15.5 Å². The first-order valence-corrected chi connectivity index (χ1v) is 5.93. The Hall–Kier alpha value is -0.950. The van der Waals surface area contributed by atoms with Gasteiger partial charge in [0.15, 0.2) is 0 Å². The van der Waals surface area contributed by atoms with Crippen molar-refractivity contribution in [1.82, 2.24) is 15.1 Å². The molecule has 0 fully saturated rings. The fourth-order valence-corrected chi connectivity index (χ4v) is 1.50. The normalized spacial score (nSPS) is 9.88. The van der Waals surface area contributed by atoms with Crippen LogP contribution in [-0.2, 0) is 11.3 Å². The predicted molar refractivity (Wildman–Crippen MR) is 67.1 cm³/mol. The van der Waals surface area contributed by atoms with E-state index < -0.39 is 0 Å². The van der Waals surface area contributed by atoms with E-state index in [1.807, 2.05) is 0 Å². The number of hydrogen-bond acceptors (Lipinski definition) is 3. The molecule has 86 valence electrons. The van der Waals surface area contributed by atoms with Crippen molar-refractivity contribution < 1.29 is 4.79 Å². The van der Waals surface area contributed by atoms with Crippen LogP contribution in [0.1, 0.15) is 0 Å². The van der Waals surface area contributed by atoms with E-state index in [0.717, 1.165) is 4.68 Å². The van der Waals surface area contributed by atoms with Crippen LogP contribution >= 0.6 is 31.9 Å². The minimum absolute atomic E-state index is 0.113. The van der Waals surface area contributed by atoms with Gasteiger partial charge in [-0.05, 0) is 31.9 Å². The fraction of sp³-hybridized carbons (Fsp3) is 0.222. The Bertz CT molecular complexity index is 470. The van der Waals surface area contributed by atoms with Crippen molar-refractivity contribution in [2.24, 2.45) is 0 Å². The second-order valence-electron chi connectivity index (χ2n) is 2.86. The van der Waals surface area contributed by atoms with Gasteiger partial charge in [0.2, 0.25) is 5.91 Å². The number of nitrogens with one attached hydrogen (secondary N) is 1. The van der Waals surface area contributed by atoms with E-state index in [9.17, 15) is 9.59 Å². The van der Waals surface area contributed by atoms with Crippen molar-refractivity contribution in [3.05, 3.63) is 38.2 Å². The fourth-order valence-electron chi connectivity index (χ4n) is 0.936. The first kappa shape index (κ1) is 13.1. The summed E-state index contributed by atoms with van der Waals surface area (Å²) in [6.07, 6.45) is 3.01. The maximum atomic E-state index is 11.6. The first-order valence-electron chi connectivity index (χ1n) is 4.35. The lowest BCUT2D eigenvalue weighted by Crippen LogP contribution is -2.33. The number of carbonyl (C=O) groups is 1. The van der Waals surface area contributed by atoms with Crippen molar-refractivity contribution in [3.8, 4) is 0 Å². The zero-order valence-electron chi connectivity index (χ0n) is 8.24. The maximum Gasteiger partial charge on any atom is 0.282 e. The molecule has 0 radical (unpaired) electrons. The lowest BCUT2D eigenvalue weighted by Gasteiger charge is -2.05. The molecule has 0 aromatic carbocycles. The summed E-state index contributed by atoms with van der Waals surface area (Å²) in [5, 5.41) is 6.39. The van der Waals surface area contributed by atoms with Gasteiger partial charge < -0.3 is 5.32 Å². The largest absolute Gasteiger partial charge is 0.351 e. The molecule has 1 N–H and O–H groups in total. The number of halogens is 2. The van der Waals surface area contributed by atoms with Gasteiger partial charge in [0.25, 0.3) is 5.56 Å². The van der Waals surface area contributed by atoms with Crippen molar-refractivity contribution in [3.63, 3.8) is 0 Å². The maximum absolute atomic E-state index is 11.6. The highest BCUT2D eigenvalue weighted by Gasteiger charge is 2.09. The minimum Gasteiger partial charge on any atom is -0.351 e. The van der Waals surface area contributed by atoms with Gasteiger partial charge in [-0.25, -0.2) is 4.68 Å². The molecule has 0 aliphatic heterocycles. The monoisotopic (exact) mass is 349 g/mol. The van der Waals surface area contributed by atoms with E-state index in [1.165, 1.54) is 6.20 Å². The molecule has 0 aliphatic rings. The van der Waals surface area contributed by atoms with E-state index in [4.69, 9.17) is 0 Å². The summed E-state index contributed by atoms with van der Waals surface area (Å²) < 4.78 is 1.98. The first-order chi connectivity index (χ1) is 7.56. The molecule has 7 heteroatoms. The summed E-state index contributed by atoms with van der Waals surface area (Å²) in [5.41, 5.74) is -0.358. The van der Waals surface area contributed by atoms with Gasteiger partial charge in [0.05, 0.1) is 10.7 Å². The van der Waals surface area contributed by atoms with Crippen molar-refractivity contribution >= 4 is 37.8 Å². The van der Waals surface area contributed by atoms with Crippen LogP contribution in [0.15, 0.2) is 32.6 Å². The number of amides is 1. The van der Waals surface area contributed by atoms with Gasteiger partial charge in [-0.2, -0.15) is 5.10 Å². The van der Waals surface area contributed by atoms with Gasteiger partial charge in [0, 0.05) is 6.54 Å². The van der Waals surface area contributed by atoms with Crippen LogP contribution < -0.4 is 10.9 Å². The van der Waals surface area contributed by atoms with Crippen LogP contribution in [0.5, 0.6) is 0 Å². The summed E-state index contributed by atoms with van der Waals surface area (Å²) in [6, 6.07) is 0. The molecular formula is C9H9Br2N3O2. The number of aromatic nitrogens is 2. The Morgan fingerprint density at radius 1 is 1.62 bits per heavy atom. The molecule has 1 aromatic rings. The van der Waals surface area contributed by atoms with Crippen molar-refractivity contribution in [2.45, 2.75) is 6.54 Å². The Morgan fingerprint density at radius 3 is 2.94 bits per heavy atom. The van der Waals surface area contributed by atoms with Gasteiger partial charge in [-0.1, -0.05) is 6.08 Å². The molecule has 1 rings (SSSR count). The topological polar surface area (TPSA) is 64.0 Å². The van der Waals surface area contributed by atoms with Crippen LogP contribution in [0.3, 0.4) is 0 Å². The average molecular weight is 351 g/mol. The third-order valence-electron chi connectivity index (χ3n) is 1.68. The summed E-state index contributed by atoms with van der Waals surface area (Å²) >= 11 is 6.26. The number of nitrogens with zero attached hydrogens (tertiary/aromatic N) is 2. The minimum atomic E-state index is -0.358.